The highest BCUT2D eigenvalue weighted by Gasteiger charge is 2.29. The van der Waals surface area contributed by atoms with Crippen molar-refractivity contribution in [3.05, 3.63) is 58.8 Å². The summed E-state index contributed by atoms with van der Waals surface area (Å²) in [5.41, 5.74) is 5.61. The first-order valence-corrected chi connectivity index (χ1v) is 10.2. The summed E-state index contributed by atoms with van der Waals surface area (Å²) in [5, 5.41) is 12.7. The van der Waals surface area contributed by atoms with Gasteiger partial charge in [-0.1, -0.05) is 34.1 Å². The average Bonchev–Trinajstić information content (AvgIpc) is 3.45. The van der Waals surface area contributed by atoms with Gasteiger partial charge in [0.25, 0.3) is 5.89 Å². The normalized spacial score (nSPS) is 15.4. The molecule has 9 heteroatoms. The molecular formula is C23H23N5O4. The Morgan fingerprint density at radius 1 is 1.06 bits per heavy atom. The summed E-state index contributed by atoms with van der Waals surface area (Å²) < 4.78 is 24.2. The number of hydrogen-bond donors (Lipinski definition) is 0. The standard InChI is InChI=1S/C23H23N5O4/c1-13-5-7-16(14(2)9-13)20-11-28-18(12-31-20)21(25-27-28)23-24-22(26-32-23)17-8-6-15(29-3)10-19(17)30-4/h5-10,20H,11-12H2,1-4H3. The van der Waals surface area contributed by atoms with E-state index in [1.54, 1.807) is 20.3 Å². The molecule has 0 radical (unpaired) electrons. The highest BCUT2D eigenvalue weighted by atomic mass is 16.5. The van der Waals surface area contributed by atoms with Crippen LogP contribution in [0.1, 0.15) is 28.5 Å². The van der Waals surface area contributed by atoms with Gasteiger partial charge in [-0.25, -0.2) is 4.68 Å². The largest absolute Gasteiger partial charge is 0.497 e. The smallest absolute Gasteiger partial charge is 0.280 e. The Labute approximate surface area is 184 Å². The van der Waals surface area contributed by atoms with Crippen molar-refractivity contribution in [3.8, 4) is 34.5 Å². The molecule has 164 valence electrons. The van der Waals surface area contributed by atoms with Gasteiger partial charge in [-0.3, -0.25) is 0 Å². The van der Waals surface area contributed by atoms with E-state index in [1.165, 1.54) is 11.1 Å². The van der Waals surface area contributed by atoms with Crippen LogP contribution in [0.4, 0.5) is 0 Å². The molecule has 0 amide bonds. The number of fused-ring (bicyclic) bond motifs is 1. The third kappa shape index (κ3) is 3.50. The molecule has 1 aliphatic rings. The van der Waals surface area contributed by atoms with Crippen molar-refractivity contribution < 1.29 is 18.7 Å². The van der Waals surface area contributed by atoms with Crippen LogP contribution in [0.15, 0.2) is 40.9 Å². The lowest BCUT2D eigenvalue weighted by Gasteiger charge is -2.25. The average molecular weight is 433 g/mol. The zero-order valence-corrected chi connectivity index (χ0v) is 18.3. The number of ether oxygens (including phenoxy) is 3. The predicted molar refractivity (Wildman–Crippen MR) is 115 cm³/mol. The van der Waals surface area contributed by atoms with Crippen molar-refractivity contribution in [2.75, 3.05) is 14.2 Å². The molecule has 0 spiro atoms. The number of nitrogens with zero attached hydrogens (tertiary/aromatic N) is 5. The fourth-order valence-corrected chi connectivity index (χ4v) is 3.97. The second-order valence-corrected chi connectivity index (χ2v) is 7.72. The summed E-state index contributed by atoms with van der Waals surface area (Å²) in [5.74, 6) is 1.94. The Morgan fingerprint density at radius 2 is 1.94 bits per heavy atom. The number of aromatic nitrogens is 5. The van der Waals surface area contributed by atoms with Crippen LogP contribution >= 0.6 is 0 Å². The molecule has 4 aromatic rings. The summed E-state index contributed by atoms with van der Waals surface area (Å²) in [4.78, 5) is 4.53. The molecule has 0 aliphatic carbocycles. The van der Waals surface area contributed by atoms with E-state index in [0.717, 1.165) is 11.3 Å². The summed E-state index contributed by atoms with van der Waals surface area (Å²) in [7, 11) is 3.18. The molecule has 2 aromatic carbocycles. The minimum absolute atomic E-state index is 0.0838. The number of rotatable bonds is 5. The van der Waals surface area contributed by atoms with Crippen molar-refractivity contribution in [2.45, 2.75) is 33.1 Å². The van der Waals surface area contributed by atoms with Gasteiger partial charge in [-0.05, 0) is 37.1 Å². The molecule has 0 saturated heterocycles. The molecule has 0 saturated carbocycles. The van der Waals surface area contributed by atoms with Crippen LogP contribution in [0.25, 0.3) is 23.0 Å². The Bertz CT molecular complexity index is 1280. The first kappa shape index (κ1) is 20.2. The van der Waals surface area contributed by atoms with Gasteiger partial charge >= 0.3 is 0 Å². The highest BCUT2D eigenvalue weighted by Crippen LogP contribution is 2.35. The van der Waals surface area contributed by atoms with Gasteiger partial charge in [0.05, 0.1) is 38.6 Å². The molecule has 3 heterocycles. The number of methoxy groups -OCH3 is 2. The molecule has 0 bridgehead atoms. The molecule has 0 N–H and O–H groups in total. The number of aryl methyl sites for hydroxylation is 2. The van der Waals surface area contributed by atoms with Gasteiger partial charge in [0.2, 0.25) is 5.82 Å². The quantitative estimate of drug-likeness (QED) is 0.467. The first-order chi connectivity index (χ1) is 15.6. The maximum Gasteiger partial charge on any atom is 0.280 e. The molecular weight excluding hydrogens is 410 g/mol. The monoisotopic (exact) mass is 433 g/mol. The summed E-state index contributed by atoms with van der Waals surface area (Å²) >= 11 is 0. The van der Waals surface area contributed by atoms with E-state index in [2.05, 4.69) is 52.5 Å². The van der Waals surface area contributed by atoms with Gasteiger partial charge in [0.15, 0.2) is 5.69 Å². The van der Waals surface area contributed by atoms with E-state index in [-0.39, 0.29) is 12.0 Å². The van der Waals surface area contributed by atoms with E-state index in [0.29, 0.717) is 41.7 Å². The minimum Gasteiger partial charge on any atom is -0.497 e. The molecule has 2 aromatic heterocycles. The van der Waals surface area contributed by atoms with Crippen molar-refractivity contribution in [1.82, 2.24) is 25.1 Å². The predicted octanol–water partition coefficient (Wildman–Crippen LogP) is 3.90. The maximum atomic E-state index is 6.16. The summed E-state index contributed by atoms with van der Waals surface area (Å²) in [6.07, 6.45) is -0.0838. The molecule has 9 nitrogen and oxygen atoms in total. The fourth-order valence-electron chi connectivity index (χ4n) is 3.97. The van der Waals surface area contributed by atoms with E-state index >= 15 is 0 Å². The van der Waals surface area contributed by atoms with Crippen molar-refractivity contribution in [2.24, 2.45) is 0 Å². The van der Waals surface area contributed by atoms with Crippen LogP contribution in [-0.2, 0) is 17.9 Å². The van der Waals surface area contributed by atoms with Crippen LogP contribution < -0.4 is 9.47 Å². The second-order valence-electron chi connectivity index (χ2n) is 7.72. The van der Waals surface area contributed by atoms with Crippen molar-refractivity contribution >= 4 is 0 Å². The number of benzene rings is 2. The van der Waals surface area contributed by atoms with Gasteiger partial charge < -0.3 is 18.7 Å². The Morgan fingerprint density at radius 3 is 2.72 bits per heavy atom. The summed E-state index contributed by atoms with van der Waals surface area (Å²) in [6, 6.07) is 11.8. The Kier molecular flexibility index (Phi) is 5.10. The topological polar surface area (TPSA) is 97.3 Å². The van der Waals surface area contributed by atoms with Crippen molar-refractivity contribution in [1.29, 1.82) is 0 Å². The molecule has 1 atom stereocenters. The lowest BCUT2D eigenvalue weighted by atomic mass is 10.0. The van der Waals surface area contributed by atoms with Crippen LogP contribution in [-0.4, -0.2) is 39.4 Å². The van der Waals surface area contributed by atoms with Crippen LogP contribution in [0.2, 0.25) is 0 Å². The lowest BCUT2D eigenvalue weighted by Crippen LogP contribution is -2.22. The molecule has 32 heavy (non-hydrogen) atoms. The van der Waals surface area contributed by atoms with Gasteiger partial charge in [0, 0.05) is 6.07 Å². The fraction of sp³-hybridized carbons (Fsp3) is 0.304. The van der Waals surface area contributed by atoms with Gasteiger partial charge in [0.1, 0.15) is 17.6 Å². The molecule has 1 unspecified atom stereocenters. The van der Waals surface area contributed by atoms with E-state index in [4.69, 9.17) is 18.7 Å². The molecule has 5 rings (SSSR count). The van der Waals surface area contributed by atoms with E-state index in [9.17, 15) is 0 Å². The minimum atomic E-state index is -0.0838. The summed E-state index contributed by atoms with van der Waals surface area (Å²) in [6.45, 7) is 5.10. The van der Waals surface area contributed by atoms with Crippen LogP contribution in [0.3, 0.4) is 0 Å². The zero-order valence-electron chi connectivity index (χ0n) is 18.3. The molecule has 1 aliphatic heterocycles. The third-order valence-corrected chi connectivity index (χ3v) is 5.65. The number of hydrogen-bond acceptors (Lipinski definition) is 8. The Balaban J connectivity index is 1.42. The van der Waals surface area contributed by atoms with Crippen molar-refractivity contribution in [3.63, 3.8) is 0 Å². The zero-order chi connectivity index (χ0) is 22.2. The van der Waals surface area contributed by atoms with Crippen LogP contribution in [0, 0.1) is 13.8 Å². The highest BCUT2D eigenvalue weighted by molar-refractivity contribution is 5.67. The first-order valence-electron chi connectivity index (χ1n) is 10.2. The molecule has 0 fully saturated rings. The third-order valence-electron chi connectivity index (χ3n) is 5.65. The Hall–Kier alpha value is -3.72. The van der Waals surface area contributed by atoms with Gasteiger partial charge in [-0.2, -0.15) is 4.98 Å². The SMILES string of the molecule is COc1ccc(-c2noc(-c3nnn4c3COC(c3ccc(C)cc3C)C4)n2)c(OC)c1. The maximum absolute atomic E-state index is 6.16. The second kappa shape index (κ2) is 8.08. The van der Waals surface area contributed by atoms with Gasteiger partial charge in [-0.15, -0.1) is 5.10 Å². The van der Waals surface area contributed by atoms with Crippen LogP contribution in [0.5, 0.6) is 11.5 Å². The lowest BCUT2D eigenvalue weighted by molar-refractivity contribution is -0.00153. The van der Waals surface area contributed by atoms with E-state index in [1.807, 2.05) is 16.8 Å². The van der Waals surface area contributed by atoms with E-state index < -0.39 is 0 Å².